The number of aliphatic hydroxyl groups excluding tert-OH is 1. The standard InChI is InChI=1S/C63H57N5O9/c1-41(44-12-6-3-7-13-44)64-62(73)67-53-33-22-43(19-18-42-20-29-50(74-2)30-21-42)40-52(53)63(61(67)72)54(59(70)65-48-25-27-49(28-26-48)66-34-37-75-38-35-66)56-60(71)77-57(46-16-10-5-11-17-46)55(45-14-8-4-9-15-45)68(56)58(63)47-23-31-51(32-24-47)76-39-36-69/h3-17,20-33,40-41,54-58,69H,34-39H2,1-2H3,(H,64,73)(H,65,70)/t41-,54+,55+,56+,57-,58-,63+/m1/s1. The van der Waals surface area contributed by atoms with Gasteiger partial charge in [-0.2, -0.15) is 0 Å². The monoisotopic (exact) mass is 1030 g/mol. The van der Waals surface area contributed by atoms with Crippen molar-refractivity contribution in [3.8, 4) is 23.3 Å². The first-order valence-corrected chi connectivity index (χ1v) is 25.8. The lowest BCUT2D eigenvalue weighted by Gasteiger charge is -2.46. The highest BCUT2D eigenvalue weighted by Crippen LogP contribution is 2.66. The first-order chi connectivity index (χ1) is 37.7. The largest absolute Gasteiger partial charge is 0.497 e. The second kappa shape index (κ2) is 21.8. The van der Waals surface area contributed by atoms with Crippen LogP contribution in [0.1, 0.15) is 70.1 Å². The van der Waals surface area contributed by atoms with E-state index in [9.17, 15) is 5.11 Å². The Labute approximate surface area is 447 Å². The van der Waals surface area contributed by atoms with Crippen LogP contribution in [0.2, 0.25) is 0 Å². The number of carbonyl (C=O) groups excluding carboxylic acids is 4. The Morgan fingerprint density at radius 3 is 2.01 bits per heavy atom. The van der Waals surface area contributed by atoms with Crippen molar-refractivity contribution >= 4 is 40.9 Å². The van der Waals surface area contributed by atoms with E-state index in [0.717, 1.165) is 21.7 Å². The predicted octanol–water partition coefficient (Wildman–Crippen LogP) is 9.08. The van der Waals surface area contributed by atoms with E-state index in [1.807, 2.05) is 163 Å². The number of esters is 1. The number of nitrogens with zero attached hydrogens (tertiary/aromatic N) is 3. The maximum absolute atomic E-state index is 16.9. The highest BCUT2D eigenvalue weighted by Gasteiger charge is 2.75. The molecule has 0 aliphatic carbocycles. The Morgan fingerprint density at radius 2 is 1.35 bits per heavy atom. The van der Waals surface area contributed by atoms with Gasteiger partial charge >= 0.3 is 12.0 Å². The zero-order valence-corrected chi connectivity index (χ0v) is 42.6. The van der Waals surface area contributed by atoms with E-state index >= 15 is 19.2 Å². The third kappa shape index (κ3) is 9.54. The molecule has 3 fully saturated rings. The minimum atomic E-state index is -2.05. The molecule has 388 valence electrons. The summed E-state index contributed by atoms with van der Waals surface area (Å²) in [6.45, 7) is 4.26. The molecule has 7 aromatic rings. The Bertz CT molecular complexity index is 3330. The van der Waals surface area contributed by atoms with Crippen LogP contribution in [0.25, 0.3) is 0 Å². The molecular weight excluding hydrogens is 971 g/mol. The molecule has 4 amide bonds. The number of benzene rings is 7. The Hall–Kier alpha value is -8.74. The van der Waals surface area contributed by atoms with Gasteiger partial charge in [0.05, 0.1) is 56.7 Å². The topological polar surface area (TPSA) is 159 Å². The van der Waals surface area contributed by atoms with Gasteiger partial charge in [0.2, 0.25) is 11.8 Å². The minimum absolute atomic E-state index is 0.0366. The van der Waals surface area contributed by atoms with Crippen molar-refractivity contribution < 1.29 is 43.2 Å². The first-order valence-electron chi connectivity index (χ1n) is 25.8. The lowest BCUT2D eigenvalue weighted by Crippen LogP contribution is -2.55. The van der Waals surface area contributed by atoms with Crippen molar-refractivity contribution in [2.75, 3.05) is 61.7 Å². The summed E-state index contributed by atoms with van der Waals surface area (Å²) in [6.07, 6.45) is -0.924. The smallest absolute Gasteiger partial charge is 0.329 e. The van der Waals surface area contributed by atoms with Crippen LogP contribution in [0, 0.1) is 17.8 Å². The Morgan fingerprint density at radius 1 is 0.727 bits per heavy atom. The normalized spacial score (nSPS) is 22.0. The minimum Gasteiger partial charge on any atom is -0.497 e. The maximum Gasteiger partial charge on any atom is 0.329 e. The highest BCUT2D eigenvalue weighted by molar-refractivity contribution is 6.25. The maximum atomic E-state index is 16.9. The molecule has 4 aliphatic heterocycles. The van der Waals surface area contributed by atoms with E-state index < -0.39 is 65.4 Å². The molecule has 1 spiro atoms. The molecule has 4 aliphatic rings. The number of fused-ring (bicyclic) bond motifs is 3. The Kier molecular flexibility index (Phi) is 14.3. The number of ether oxygens (including phenoxy) is 4. The molecule has 11 rings (SSSR count). The van der Waals surface area contributed by atoms with E-state index in [1.165, 1.54) is 0 Å². The number of urea groups is 1. The van der Waals surface area contributed by atoms with Crippen LogP contribution in [-0.2, 0) is 29.3 Å². The fourth-order valence-electron chi connectivity index (χ4n) is 11.6. The van der Waals surface area contributed by atoms with E-state index in [1.54, 1.807) is 37.4 Å². The third-order valence-electron chi connectivity index (χ3n) is 15.1. The zero-order valence-electron chi connectivity index (χ0n) is 42.6. The van der Waals surface area contributed by atoms with Crippen molar-refractivity contribution in [3.05, 3.63) is 221 Å². The van der Waals surface area contributed by atoms with Crippen LogP contribution >= 0.6 is 0 Å². The number of nitrogens with one attached hydrogen (secondary N) is 2. The molecule has 14 heteroatoms. The van der Waals surface area contributed by atoms with Crippen molar-refractivity contribution in [3.63, 3.8) is 0 Å². The summed E-state index contributed by atoms with van der Waals surface area (Å²) in [4.78, 5) is 69.5. The van der Waals surface area contributed by atoms with Gasteiger partial charge in [-0.1, -0.05) is 115 Å². The molecule has 0 saturated carbocycles. The molecular formula is C63H57N5O9. The fourth-order valence-corrected chi connectivity index (χ4v) is 11.6. The summed E-state index contributed by atoms with van der Waals surface area (Å²) in [5, 5.41) is 16.0. The van der Waals surface area contributed by atoms with Gasteiger partial charge in [0, 0.05) is 35.6 Å². The molecule has 3 N–H and O–H groups in total. The molecule has 0 bridgehead atoms. The van der Waals surface area contributed by atoms with Crippen LogP contribution in [0.15, 0.2) is 182 Å². The second-order valence-corrected chi connectivity index (χ2v) is 19.5. The van der Waals surface area contributed by atoms with Gasteiger partial charge in [0.1, 0.15) is 35.7 Å². The number of hydrogen-bond acceptors (Lipinski definition) is 11. The summed E-state index contributed by atoms with van der Waals surface area (Å²) in [7, 11) is 1.59. The van der Waals surface area contributed by atoms with Crippen LogP contribution in [0.5, 0.6) is 11.5 Å². The zero-order chi connectivity index (χ0) is 53.0. The molecule has 0 unspecified atom stereocenters. The SMILES string of the molecule is COc1ccc(C#Cc2ccc3c(c2)[C@]2(C(=O)N3C(=O)N[C@H](C)c3ccccc3)[C@H](C(=O)Nc3ccc(N4CCOCC4)cc3)[C@H]3C(=O)O[C@H](c4ccccc4)[C@H](c4ccccc4)N3[C@@H]2c2ccc(OCCO)cc2)cc1. The van der Waals surface area contributed by atoms with Crippen LogP contribution < -0.4 is 29.9 Å². The summed E-state index contributed by atoms with van der Waals surface area (Å²) < 4.78 is 23.6. The van der Waals surface area contributed by atoms with Gasteiger partial charge < -0.3 is 39.6 Å². The number of imide groups is 1. The van der Waals surface area contributed by atoms with E-state index in [-0.39, 0.29) is 18.9 Å². The average Bonchev–Trinajstić information content (AvgIpc) is 4.02. The summed E-state index contributed by atoms with van der Waals surface area (Å²) in [6, 6.07) is 51.0. The molecule has 7 aromatic carbocycles. The number of morpholine rings is 2. The number of cyclic esters (lactones) is 1. The predicted molar refractivity (Wildman–Crippen MR) is 291 cm³/mol. The van der Waals surface area contributed by atoms with Crippen LogP contribution in [0.3, 0.4) is 0 Å². The van der Waals surface area contributed by atoms with Crippen molar-refractivity contribution in [2.24, 2.45) is 5.92 Å². The Balaban J connectivity index is 1.16. The average molecular weight is 1030 g/mol. The molecule has 0 radical (unpaired) electrons. The number of rotatable bonds is 12. The van der Waals surface area contributed by atoms with E-state index in [0.29, 0.717) is 71.3 Å². The van der Waals surface area contributed by atoms with Crippen molar-refractivity contribution in [1.82, 2.24) is 10.2 Å². The summed E-state index contributed by atoms with van der Waals surface area (Å²) >= 11 is 0. The van der Waals surface area contributed by atoms with E-state index in [4.69, 9.17) is 18.9 Å². The lowest BCUT2D eigenvalue weighted by atomic mass is 9.65. The number of anilines is 3. The molecule has 77 heavy (non-hydrogen) atoms. The highest BCUT2D eigenvalue weighted by atomic mass is 16.6. The fraction of sp³-hybridized carbons (Fsp3) is 0.238. The second-order valence-electron chi connectivity index (χ2n) is 19.5. The van der Waals surface area contributed by atoms with E-state index in [2.05, 4.69) is 27.4 Å². The van der Waals surface area contributed by atoms with Crippen molar-refractivity contribution in [2.45, 2.75) is 42.6 Å². The molecule has 3 saturated heterocycles. The summed E-state index contributed by atoms with van der Waals surface area (Å²) in [5.41, 5.74) is 3.90. The number of hydrogen-bond donors (Lipinski definition) is 3. The molecule has 0 aromatic heterocycles. The van der Waals surface area contributed by atoms with Gasteiger partial charge in [-0.15, -0.1) is 0 Å². The van der Waals surface area contributed by atoms with Gasteiger partial charge in [0.25, 0.3) is 0 Å². The number of carbonyl (C=O) groups is 4. The number of amides is 4. The van der Waals surface area contributed by atoms with Crippen LogP contribution in [-0.4, -0.2) is 86.5 Å². The van der Waals surface area contributed by atoms with Crippen molar-refractivity contribution in [1.29, 1.82) is 0 Å². The first kappa shape index (κ1) is 50.4. The van der Waals surface area contributed by atoms with Gasteiger partial charge in [-0.25, -0.2) is 9.69 Å². The lowest BCUT2D eigenvalue weighted by molar-refractivity contribution is -0.177. The third-order valence-corrected chi connectivity index (χ3v) is 15.1. The molecule has 14 nitrogen and oxygen atoms in total. The van der Waals surface area contributed by atoms with Gasteiger partial charge in [-0.3, -0.25) is 19.3 Å². The van der Waals surface area contributed by atoms with Gasteiger partial charge in [0.15, 0.2) is 0 Å². The molecule has 7 atom stereocenters. The summed E-state index contributed by atoms with van der Waals surface area (Å²) in [5.74, 6) is 4.05. The molecule has 4 heterocycles. The van der Waals surface area contributed by atoms with Crippen LogP contribution in [0.4, 0.5) is 21.9 Å². The number of aliphatic hydroxyl groups is 1. The quantitative estimate of drug-likeness (QED) is 0.0792. The number of methoxy groups -OCH3 is 1. The van der Waals surface area contributed by atoms with Gasteiger partial charge in [-0.05, 0) is 114 Å².